The molecule has 4 nitrogen and oxygen atoms in total. The average molecular weight is 258 g/mol. The molecule has 1 atom stereocenters. The first-order chi connectivity index (χ1) is 8.00. The van der Waals surface area contributed by atoms with Gasteiger partial charge in [0.05, 0.1) is 11.0 Å². The topological polar surface area (TPSA) is 63.6 Å². The van der Waals surface area contributed by atoms with E-state index in [9.17, 15) is 8.42 Å². The predicted octanol–water partition coefficient (Wildman–Crippen LogP) is 2.51. The molecule has 1 aliphatic heterocycles. The molecule has 96 valence electrons. The second-order valence-electron chi connectivity index (χ2n) is 3.97. The van der Waals surface area contributed by atoms with Crippen molar-refractivity contribution < 1.29 is 17.7 Å². The maximum Gasteiger partial charge on any atom is 0.294 e. The van der Waals surface area contributed by atoms with E-state index in [0.29, 0.717) is 6.10 Å². The highest BCUT2D eigenvalue weighted by molar-refractivity contribution is 7.85. The third-order valence-electron chi connectivity index (χ3n) is 2.45. The molecule has 0 amide bonds. The number of ether oxygens (including phenoxy) is 1. The van der Waals surface area contributed by atoms with Crippen molar-refractivity contribution in [2.24, 2.45) is 0 Å². The zero-order valence-electron chi connectivity index (χ0n) is 9.87. The first-order valence-corrected chi connectivity index (χ1v) is 7.08. The molecule has 5 heteroatoms. The summed E-state index contributed by atoms with van der Waals surface area (Å²) < 4.78 is 34.5. The van der Waals surface area contributed by atoms with E-state index < -0.39 is 10.1 Å². The minimum atomic E-state index is -4.00. The molecule has 2 rings (SSSR count). The summed E-state index contributed by atoms with van der Waals surface area (Å²) in [5.41, 5.74) is 0. The third kappa shape index (κ3) is 5.81. The maximum atomic E-state index is 10.4. The van der Waals surface area contributed by atoms with Crippen molar-refractivity contribution in [2.45, 2.75) is 37.2 Å². The van der Waals surface area contributed by atoms with Crippen LogP contribution in [-0.4, -0.2) is 25.7 Å². The van der Waals surface area contributed by atoms with Crippen LogP contribution in [-0.2, 0) is 14.9 Å². The molecule has 1 unspecified atom stereocenters. The van der Waals surface area contributed by atoms with Crippen molar-refractivity contribution in [2.75, 3.05) is 6.61 Å². The molecule has 0 aromatic heterocycles. The number of hydrogen-bond acceptors (Lipinski definition) is 3. The fraction of sp³-hybridized carbons (Fsp3) is 0.500. The van der Waals surface area contributed by atoms with Gasteiger partial charge in [-0.05, 0) is 38.3 Å². The van der Waals surface area contributed by atoms with Crippen molar-refractivity contribution >= 4 is 10.1 Å². The fourth-order valence-electron chi connectivity index (χ4n) is 1.49. The molecule has 1 fully saturated rings. The van der Waals surface area contributed by atoms with Gasteiger partial charge in [-0.2, -0.15) is 8.42 Å². The number of hydrogen-bond donors (Lipinski definition) is 1. The van der Waals surface area contributed by atoms with E-state index >= 15 is 0 Å². The van der Waals surface area contributed by atoms with Gasteiger partial charge in [-0.1, -0.05) is 18.2 Å². The second-order valence-corrected chi connectivity index (χ2v) is 5.39. The molecule has 1 saturated heterocycles. The Morgan fingerprint density at radius 3 is 2.18 bits per heavy atom. The first-order valence-electron chi connectivity index (χ1n) is 5.64. The molecule has 1 aromatic carbocycles. The highest BCUT2D eigenvalue weighted by Gasteiger charge is 2.06. The smallest absolute Gasteiger partial charge is 0.294 e. The summed E-state index contributed by atoms with van der Waals surface area (Å²) in [6.45, 7) is 3.13. The Balaban J connectivity index is 0.000000181. The summed E-state index contributed by atoms with van der Waals surface area (Å²) in [6, 6.07) is 7.42. The Morgan fingerprint density at radius 2 is 1.88 bits per heavy atom. The minimum Gasteiger partial charge on any atom is -0.379 e. The lowest BCUT2D eigenvalue weighted by molar-refractivity contribution is 0.0285. The first kappa shape index (κ1) is 14.2. The van der Waals surface area contributed by atoms with E-state index in [1.807, 2.05) is 0 Å². The van der Waals surface area contributed by atoms with E-state index in [1.54, 1.807) is 18.2 Å². The van der Waals surface area contributed by atoms with Gasteiger partial charge in [-0.15, -0.1) is 0 Å². The van der Waals surface area contributed by atoms with E-state index in [2.05, 4.69) is 6.92 Å². The van der Waals surface area contributed by atoms with Gasteiger partial charge in [-0.3, -0.25) is 4.55 Å². The van der Waals surface area contributed by atoms with Gasteiger partial charge in [0.2, 0.25) is 0 Å². The van der Waals surface area contributed by atoms with E-state index in [0.717, 1.165) is 6.61 Å². The van der Waals surface area contributed by atoms with E-state index in [-0.39, 0.29) is 4.90 Å². The van der Waals surface area contributed by atoms with E-state index in [4.69, 9.17) is 9.29 Å². The molecule has 1 aliphatic rings. The summed E-state index contributed by atoms with van der Waals surface area (Å²) in [4.78, 5) is -0.0741. The molecule has 1 heterocycles. The molecule has 1 N–H and O–H groups in total. The van der Waals surface area contributed by atoms with Crippen LogP contribution in [0.5, 0.6) is 0 Å². The molecule has 0 radical (unpaired) electrons. The zero-order valence-corrected chi connectivity index (χ0v) is 10.7. The summed E-state index contributed by atoms with van der Waals surface area (Å²) in [7, 11) is -4.00. The van der Waals surface area contributed by atoms with Crippen molar-refractivity contribution in [3.8, 4) is 0 Å². The molecule has 0 bridgehead atoms. The summed E-state index contributed by atoms with van der Waals surface area (Å²) in [6.07, 6.45) is 4.43. The lowest BCUT2D eigenvalue weighted by atomic mass is 10.1. The Labute approximate surface area is 102 Å². The lowest BCUT2D eigenvalue weighted by Crippen LogP contribution is -2.14. The predicted molar refractivity (Wildman–Crippen MR) is 65.5 cm³/mol. The van der Waals surface area contributed by atoms with Gasteiger partial charge in [0.15, 0.2) is 0 Å². The van der Waals surface area contributed by atoms with Gasteiger partial charge >= 0.3 is 0 Å². The highest BCUT2D eigenvalue weighted by atomic mass is 32.2. The molecule has 0 spiro atoms. The lowest BCUT2D eigenvalue weighted by Gasteiger charge is -2.17. The monoisotopic (exact) mass is 258 g/mol. The summed E-state index contributed by atoms with van der Waals surface area (Å²) in [5, 5.41) is 0. The Morgan fingerprint density at radius 1 is 1.24 bits per heavy atom. The molecule has 0 saturated carbocycles. The van der Waals surface area contributed by atoms with Crippen LogP contribution in [0.15, 0.2) is 35.2 Å². The minimum absolute atomic E-state index is 0.0741. The largest absolute Gasteiger partial charge is 0.379 e. The second kappa shape index (κ2) is 6.74. The van der Waals surface area contributed by atoms with Gasteiger partial charge in [0, 0.05) is 6.61 Å². The van der Waals surface area contributed by atoms with Crippen LogP contribution in [0.4, 0.5) is 0 Å². The third-order valence-corrected chi connectivity index (χ3v) is 3.32. The maximum absolute atomic E-state index is 10.4. The van der Waals surface area contributed by atoms with Crippen molar-refractivity contribution in [3.05, 3.63) is 30.3 Å². The summed E-state index contributed by atoms with van der Waals surface area (Å²) >= 11 is 0. The van der Waals surface area contributed by atoms with Crippen molar-refractivity contribution in [3.63, 3.8) is 0 Å². The number of rotatable bonds is 1. The standard InChI is InChI=1S/C6H6O3S.C6H12O/c7-10(8,9)6-4-2-1-3-5-6;1-6-4-2-3-5-7-6/h1-5H,(H,7,8,9);6H,2-5H2,1H3. The van der Waals surface area contributed by atoms with Gasteiger partial charge < -0.3 is 4.74 Å². The van der Waals surface area contributed by atoms with E-state index in [1.165, 1.54) is 31.4 Å². The fourth-order valence-corrected chi connectivity index (χ4v) is 2.00. The van der Waals surface area contributed by atoms with Crippen LogP contribution in [0.3, 0.4) is 0 Å². The van der Waals surface area contributed by atoms with Crippen LogP contribution in [0, 0.1) is 0 Å². The molecular formula is C12H18O4S. The SMILES string of the molecule is CC1CCCCO1.O=S(=O)(O)c1ccccc1. The molecule has 1 aromatic rings. The molecular weight excluding hydrogens is 240 g/mol. The van der Waals surface area contributed by atoms with Crippen LogP contribution in [0.1, 0.15) is 26.2 Å². The van der Waals surface area contributed by atoms with Crippen LogP contribution in [0.2, 0.25) is 0 Å². The van der Waals surface area contributed by atoms with Crippen LogP contribution >= 0.6 is 0 Å². The zero-order chi connectivity index (χ0) is 12.7. The average Bonchev–Trinajstić information content (AvgIpc) is 2.31. The van der Waals surface area contributed by atoms with Gasteiger partial charge in [0.1, 0.15) is 0 Å². The Kier molecular flexibility index (Phi) is 5.61. The molecule has 17 heavy (non-hydrogen) atoms. The van der Waals surface area contributed by atoms with Gasteiger partial charge in [0.25, 0.3) is 10.1 Å². The Hall–Kier alpha value is -0.910. The molecule has 0 aliphatic carbocycles. The normalized spacial score (nSPS) is 20.2. The van der Waals surface area contributed by atoms with Crippen LogP contribution < -0.4 is 0 Å². The number of benzene rings is 1. The van der Waals surface area contributed by atoms with Crippen molar-refractivity contribution in [1.29, 1.82) is 0 Å². The van der Waals surface area contributed by atoms with Crippen LogP contribution in [0.25, 0.3) is 0 Å². The van der Waals surface area contributed by atoms with Crippen molar-refractivity contribution in [1.82, 2.24) is 0 Å². The van der Waals surface area contributed by atoms with Gasteiger partial charge in [-0.25, -0.2) is 0 Å². The Bertz CT molecular complexity index is 407. The highest BCUT2D eigenvalue weighted by Crippen LogP contribution is 2.10. The summed E-state index contributed by atoms with van der Waals surface area (Å²) in [5.74, 6) is 0. The quantitative estimate of drug-likeness (QED) is 0.786.